The maximum atomic E-state index is 12.9. The van der Waals surface area contributed by atoms with E-state index >= 15 is 0 Å². The third-order valence-electron chi connectivity index (χ3n) is 4.57. The molecule has 2 aromatic rings. The molecule has 23 heavy (non-hydrogen) atoms. The Morgan fingerprint density at radius 3 is 2.65 bits per heavy atom. The summed E-state index contributed by atoms with van der Waals surface area (Å²) >= 11 is 0. The van der Waals surface area contributed by atoms with Crippen molar-refractivity contribution in [3.8, 4) is 0 Å². The molecule has 1 aliphatic heterocycles. The minimum absolute atomic E-state index is 0.107. The molecule has 0 radical (unpaired) electrons. The number of aromatic nitrogens is 1. The van der Waals surface area contributed by atoms with Crippen LogP contribution in [0.1, 0.15) is 29.4 Å². The van der Waals surface area contributed by atoms with E-state index in [1.54, 1.807) is 6.20 Å². The van der Waals surface area contributed by atoms with Gasteiger partial charge in [0.1, 0.15) is 0 Å². The van der Waals surface area contributed by atoms with Gasteiger partial charge in [0.15, 0.2) is 0 Å². The number of hydrogen-bond acceptors (Lipinski definition) is 3. The molecular formula is C19H23N3O. The van der Waals surface area contributed by atoms with Gasteiger partial charge < -0.3 is 9.80 Å². The summed E-state index contributed by atoms with van der Waals surface area (Å²) in [5.74, 6) is 0.107. The summed E-state index contributed by atoms with van der Waals surface area (Å²) in [6, 6.07) is 14.4. The van der Waals surface area contributed by atoms with Crippen LogP contribution in [0.5, 0.6) is 0 Å². The van der Waals surface area contributed by atoms with E-state index in [2.05, 4.69) is 41.1 Å². The third-order valence-corrected chi connectivity index (χ3v) is 4.57. The number of para-hydroxylation sites is 1. The summed E-state index contributed by atoms with van der Waals surface area (Å²) in [4.78, 5) is 21.5. The number of amides is 1. The molecule has 0 aliphatic carbocycles. The average molecular weight is 309 g/mol. The Kier molecular flexibility index (Phi) is 4.60. The largest absolute Gasteiger partial charge is 0.368 e. The summed E-state index contributed by atoms with van der Waals surface area (Å²) in [5.41, 5.74) is 2.76. The fourth-order valence-corrected chi connectivity index (χ4v) is 3.21. The van der Waals surface area contributed by atoms with Gasteiger partial charge in [0.05, 0.1) is 5.56 Å². The summed E-state index contributed by atoms with van der Waals surface area (Å²) in [5, 5.41) is 0. The van der Waals surface area contributed by atoms with Crippen molar-refractivity contribution in [2.24, 2.45) is 0 Å². The molecule has 120 valence electrons. The molecule has 1 saturated heterocycles. The predicted molar refractivity (Wildman–Crippen MR) is 92.7 cm³/mol. The maximum Gasteiger partial charge on any atom is 0.256 e. The van der Waals surface area contributed by atoms with Crippen LogP contribution in [0, 0.1) is 6.92 Å². The maximum absolute atomic E-state index is 12.9. The van der Waals surface area contributed by atoms with E-state index in [1.165, 1.54) is 5.69 Å². The first-order chi connectivity index (χ1) is 11.2. The molecule has 4 heteroatoms. The quantitative estimate of drug-likeness (QED) is 0.874. The van der Waals surface area contributed by atoms with Gasteiger partial charge in [-0.05, 0) is 37.6 Å². The average Bonchev–Trinajstić information content (AvgIpc) is 2.62. The van der Waals surface area contributed by atoms with Crippen molar-refractivity contribution in [3.63, 3.8) is 0 Å². The van der Waals surface area contributed by atoms with Gasteiger partial charge in [0, 0.05) is 43.3 Å². The van der Waals surface area contributed by atoms with Crippen LogP contribution in [0.4, 0.5) is 5.69 Å². The third kappa shape index (κ3) is 3.21. The van der Waals surface area contributed by atoms with E-state index in [-0.39, 0.29) is 11.9 Å². The Morgan fingerprint density at radius 2 is 1.96 bits per heavy atom. The van der Waals surface area contributed by atoms with E-state index < -0.39 is 0 Å². The molecule has 1 amide bonds. The molecule has 1 aliphatic rings. The lowest BCUT2D eigenvalue weighted by molar-refractivity contribution is 0.0650. The molecule has 1 aromatic carbocycles. The van der Waals surface area contributed by atoms with Crippen molar-refractivity contribution in [1.29, 1.82) is 0 Å². The predicted octanol–water partition coefficient (Wildman–Crippen LogP) is 3.13. The van der Waals surface area contributed by atoms with Crippen LogP contribution >= 0.6 is 0 Å². The van der Waals surface area contributed by atoms with Gasteiger partial charge in [-0.25, -0.2) is 0 Å². The number of nitrogens with zero attached hydrogens (tertiary/aromatic N) is 3. The number of aryl methyl sites for hydroxylation is 1. The van der Waals surface area contributed by atoms with Crippen LogP contribution < -0.4 is 4.90 Å². The number of piperazine rings is 1. The number of carbonyl (C=O) groups excluding carboxylic acids is 1. The number of carbonyl (C=O) groups is 1. The zero-order valence-electron chi connectivity index (χ0n) is 13.8. The van der Waals surface area contributed by atoms with Gasteiger partial charge >= 0.3 is 0 Å². The highest BCUT2D eigenvalue weighted by atomic mass is 16.2. The highest BCUT2D eigenvalue weighted by molar-refractivity contribution is 5.95. The molecule has 0 saturated carbocycles. The number of pyridine rings is 1. The minimum atomic E-state index is 0.107. The van der Waals surface area contributed by atoms with Gasteiger partial charge in [0.25, 0.3) is 5.91 Å². The molecule has 0 N–H and O–H groups in total. The lowest BCUT2D eigenvalue weighted by Crippen LogP contribution is -2.55. The second kappa shape index (κ2) is 6.82. The molecule has 3 rings (SSSR count). The Labute approximate surface area is 137 Å². The van der Waals surface area contributed by atoms with Gasteiger partial charge in [0.2, 0.25) is 0 Å². The summed E-state index contributed by atoms with van der Waals surface area (Å²) in [6.45, 7) is 6.54. The standard InChI is InChI=1S/C19H23N3O/c1-3-16-14-21(17-8-5-4-6-9-17)12-13-22(16)19(23)18-10-7-11-20-15(18)2/h4-11,16H,3,12-14H2,1-2H3. The summed E-state index contributed by atoms with van der Waals surface area (Å²) in [6.07, 6.45) is 2.69. The summed E-state index contributed by atoms with van der Waals surface area (Å²) in [7, 11) is 0. The molecule has 4 nitrogen and oxygen atoms in total. The Bertz CT molecular complexity index is 671. The fraction of sp³-hybridized carbons (Fsp3) is 0.368. The second-order valence-electron chi connectivity index (χ2n) is 5.98. The Hall–Kier alpha value is -2.36. The van der Waals surface area contributed by atoms with E-state index in [1.807, 2.05) is 30.0 Å². The number of anilines is 1. The van der Waals surface area contributed by atoms with Gasteiger partial charge in [-0.3, -0.25) is 9.78 Å². The van der Waals surface area contributed by atoms with Crippen molar-refractivity contribution in [2.45, 2.75) is 26.3 Å². The lowest BCUT2D eigenvalue weighted by Gasteiger charge is -2.42. The number of hydrogen-bond donors (Lipinski definition) is 0. The minimum Gasteiger partial charge on any atom is -0.368 e. The molecule has 0 spiro atoms. The van der Waals surface area contributed by atoms with Gasteiger partial charge in [-0.1, -0.05) is 25.1 Å². The molecule has 1 atom stereocenters. The molecule has 1 aromatic heterocycles. The number of rotatable bonds is 3. The van der Waals surface area contributed by atoms with E-state index in [0.717, 1.165) is 37.3 Å². The fourth-order valence-electron chi connectivity index (χ4n) is 3.21. The van der Waals surface area contributed by atoms with E-state index in [9.17, 15) is 4.79 Å². The topological polar surface area (TPSA) is 36.4 Å². The SMILES string of the molecule is CCC1CN(c2ccccc2)CCN1C(=O)c1cccnc1C. The Morgan fingerprint density at radius 1 is 1.17 bits per heavy atom. The first-order valence-electron chi connectivity index (χ1n) is 8.23. The van der Waals surface area contributed by atoms with Crippen LogP contribution in [0.15, 0.2) is 48.7 Å². The smallest absolute Gasteiger partial charge is 0.256 e. The second-order valence-corrected chi connectivity index (χ2v) is 5.98. The zero-order valence-corrected chi connectivity index (χ0v) is 13.8. The van der Waals surface area contributed by atoms with Crippen molar-refractivity contribution >= 4 is 11.6 Å². The van der Waals surface area contributed by atoms with Crippen LogP contribution in [0.25, 0.3) is 0 Å². The molecular weight excluding hydrogens is 286 g/mol. The van der Waals surface area contributed by atoms with E-state index in [4.69, 9.17) is 0 Å². The van der Waals surface area contributed by atoms with Gasteiger partial charge in [-0.2, -0.15) is 0 Å². The van der Waals surface area contributed by atoms with Crippen LogP contribution in [0.3, 0.4) is 0 Å². The first-order valence-corrected chi connectivity index (χ1v) is 8.23. The first kappa shape index (κ1) is 15.5. The van der Waals surface area contributed by atoms with Crippen LogP contribution in [0.2, 0.25) is 0 Å². The molecule has 2 heterocycles. The molecule has 0 bridgehead atoms. The molecule has 1 fully saturated rings. The number of benzene rings is 1. The van der Waals surface area contributed by atoms with Gasteiger partial charge in [-0.15, -0.1) is 0 Å². The molecule has 1 unspecified atom stereocenters. The van der Waals surface area contributed by atoms with E-state index in [0.29, 0.717) is 0 Å². The Balaban J connectivity index is 1.78. The van der Waals surface area contributed by atoms with Crippen LogP contribution in [-0.4, -0.2) is 41.5 Å². The normalized spacial score (nSPS) is 18.1. The highest BCUT2D eigenvalue weighted by Gasteiger charge is 2.30. The van der Waals surface area contributed by atoms with Crippen molar-refractivity contribution in [2.75, 3.05) is 24.5 Å². The highest BCUT2D eigenvalue weighted by Crippen LogP contribution is 2.22. The monoisotopic (exact) mass is 309 g/mol. The zero-order chi connectivity index (χ0) is 16.2. The van der Waals surface area contributed by atoms with Crippen LogP contribution in [-0.2, 0) is 0 Å². The van der Waals surface area contributed by atoms with Crippen molar-refractivity contribution in [3.05, 3.63) is 59.9 Å². The van der Waals surface area contributed by atoms with Crippen molar-refractivity contribution < 1.29 is 4.79 Å². The lowest BCUT2D eigenvalue weighted by atomic mass is 10.1. The summed E-state index contributed by atoms with van der Waals surface area (Å²) < 4.78 is 0. The van der Waals surface area contributed by atoms with Crippen molar-refractivity contribution in [1.82, 2.24) is 9.88 Å².